The molecule has 116 valence electrons. The molecule has 1 saturated carbocycles. The second-order valence-corrected chi connectivity index (χ2v) is 7.73. The molecular weight excluding hydrogens is 314 g/mol. The normalized spacial score (nSPS) is 20.9. The Morgan fingerprint density at radius 2 is 2.19 bits per heavy atom. The van der Waals surface area contributed by atoms with E-state index in [1.54, 1.807) is 0 Å². The Morgan fingerprint density at radius 1 is 1.48 bits per heavy atom. The molecule has 2 rings (SSSR count). The molecule has 1 aliphatic carbocycles. The second kappa shape index (κ2) is 6.23. The van der Waals surface area contributed by atoms with Crippen LogP contribution in [0.25, 0.3) is 0 Å². The van der Waals surface area contributed by atoms with Crippen LogP contribution in [0.4, 0.5) is 0 Å². The van der Waals surface area contributed by atoms with Gasteiger partial charge in [0.1, 0.15) is 5.75 Å². The molecule has 2 unspecified atom stereocenters. The molecule has 0 saturated heterocycles. The predicted octanol–water partition coefficient (Wildman–Crippen LogP) is 2.54. The number of ether oxygens (including phenoxy) is 1. The zero-order valence-corrected chi connectivity index (χ0v) is 13.5. The molecule has 0 aromatic heterocycles. The summed E-state index contributed by atoms with van der Waals surface area (Å²) in [6, 6.07) is 4.15. The summed E-state index contributed by atoms with van der Waals surface area (Å²) in [5.74, 6) is 0.506. The molecule has 1 aromatic carbocycles. The van der Waals surface area contributed by atoms with Gasteiger partial charge in [0, 0.05) is 16.7 Å². The van der Waals surface area contributed by atoms with Gasteiger partial charge in [0.05, 0.1) is 17.6 Å². The SMILES string of the molecule is CCCC1CC1NC(=O)c1cc(S(=O)(=O)Cl)ccc1OC. The number of amides is 1. The van der Waals surface area contributed by atoms with E-state index in [9.17, 15) is 13.2 Å². The van der Waals surface area contributed by atoms with E-state index in [4.69, 9.17) is 15.4 Å². The number of rotatable bonds is 6. The van der Waals surface area contributed by atoms with Crippen LogP contribution in [0.2, 0.25) is 0 Å². The maximum absolute atomic E-state index is 12.3. The molecule has 7 heteroatoms. The van der Waals surface area contributed by atoms with Crippen molar-refractivity contribution in [1.29, 1.82) is 0 Å². The molecule has 0 aliphatic heterocycles. The highest BCUT2D eigenvalue weighted by Gasteiger charge is 2.37. The monoisotopic (exact) mass is 331 g/mol. The smallest absolute Gasteiger partial charge is 0.261 e. The van der Waals surface area contributed by atoms with Gasteiger partial charge >= 0.3 is 0 Å². The lowest BCUT2D eigenvalue weighted by Crippen LogP contribution is -2.27. The lowest BCUT2D eigenvalue weighted by Gasteiger charge is -2.10. The first-order valence-corrected chi connectivity index (χ1v) is 9.11. The first-order valence-electron chi connectivity index (χ1n) is 6.80. The lowest BCUT2D eigenvalue weighted by molar-refractivity contribution is 0.0945. The van der Waals surface area contributed by atoms with Crippen LogP contribution in [0.5, 0.6) is 5.75 Å². The highest BCUT2D eigenvalue weighted by molar-refractivity contribution is 8.13. The van der Waals surface area contributed by atoms with E-state index in [-0.39, 0.29) is 22.4 Å². The van der Waals surface area contributed by atoms with E-state index >= 15 is 0 Å². The molecule has 21 heavy (non-hydrogen) atoms. The third-order valence-corrected chi connectivity index (χ3v) is 4.95. The van der Waals surface area contributed by atoms with E-state index in [1.807, 2.05) is 0 Å². The van der Waals surface area contributed by atoms with Gasteiger partial charge in [0.2, 0.25) is 0 Å². The zero-order chi connectivity index (χ0) is 15.6. The summed E-state index contributed by atoms with van der Waals surface area (Å²) >= 11 is 0. The van der Waals surface area contributed by atoms with Gasteiger partial charge in [0.15, 0.2) is 0 Å². The Balaban J connectivity index is 2.19. The summed E-state index contributed by atoms with van der Waals surface area (Å²) in [6.07, 6.45) is 3.13. The second-order valence-electron chi connectivity index (χ2n) is 5.16. The predicted molar refractivity (Wildman–Crippen MR) is 80.3 cm³/mol. The summed E-state index contributed by atoms with van der Waals surface area (Å²) in [7, 11) is 2.86. The maximum atomic E-state index is 12.3. The average Bonchev–Trinajstić information content (AvgIpc) is 3.15. The van der Waals surface area contributed by atoms with Crippen molar-refractivity contribution in [2.24, 2.45) is 5.92 Å². The highest BCUT2D eigenvalue weighted by atomic mass is 35.7. The minimum atomic E-state index is -3.88. The Bertz CT molecular complexity index is 644. The van der Waals surface area contributed by atoms with Crippen molar-refractivity contribution >= 4 is 25.6 Å². The molecule has 0 heterocycles. The molecule has 0 radical (unpaired) electrons. The van der Waals surface area contributed by atoms with Gasteiger partial charge in [-0.05, 0) is 37.0 Å². The number of nitrogens with one attached hydrogen (secondary N) is 1. The van der Waals surface area contributed by atoms with E-state index in [0.29, 0.717) is 11.7 Å². The molecular formula is C14H18ClNO4S. The molecule has 1 fully saturated rings. The largest absolute Gasteiger partial charge is 0.496 e. The summed E-state index contributed by atoms with van der Waals surface area (Å²) in [6.45, 7) is 2.11. The van der Waals surface area contributed by atoms with E-state index in [0.717, 1.165) is 19.3 Å². The standard InChI is InChI=1S/C14H18ClNO4S/c1-3-4-9-7-12(9)16-14(17)11-8-10(21(15,18)19)5-6-13(11)20-2/h5-6,8-9,12H,3-4,7H2,1-2H3,(H,16,17). The lowest BCUT2D eigenvalue weighted by atomic mass is 10.2. The van der Waals surface area contributed by atoms with Crippen molar-refractivity contribution < 1.29 is 17.9 Å². The molecule has 5 nitrogen and oxygen atoms in total. The number of benzene rings is 1. The Hall–Kier alpha value is -1.27. The van der Waals surface area contributed by atoms with Crippen molar-refractivity contribution in [3.8, 4) is 5.75 Å². The summed E-state index contributed by atoms with van der Waals surface area (Å²) in [4.78, 5) is 12.2. The van der Waals surface area contributed by atoms with Gasteiger partial charge in [-0.25, -0.2) is 8.42 Å². The van der Waals surface area contributed by atoms with Crippen molar-refractivity contribution in [3.05, 3.63) is 23.8 Å². The summed E-state index contributed by atoms with van der Waals surface area (Å²) in [5.41, 5.74) is 0.182. The van der Waals surface area contributed by atoms with Gasteiger partial charge < -0.3 is 10.1 Å². The number of methoxy groups -OCH3 is 1. The highest BCUT2D eigenvalue weighted by Crippen LogP contribution is 2.35. The number of hydrogen-bond donors (Lipinski definition) is 1. The fourth-order valence-electron chi connectivity index (χ4n) is 2.38. The number of hydrogen-bond acceptors (Lipinski definition) is 4. The number of carbonyl (C=O) groups is 1. The topological polar surface area (TPSA) is 72.5 Å². The fourth-order valence-corrected chi connectivity index (χ4v) is 3.15. The minimum absolute atomic E-state index is 0.115. The van der Waals surface area contributed by atoms with Crippen LogP contribution in [0.1, 0.15) is 36.5 Å². The van der Waals surface area contributed by atoms with Crippen LogP contribution in [0, 0.1) is 5.92 Å². The molecule has 1 aromatic rings. The zero-order valence-electron chi connectivity index (χ0n) is 11.9. The van der Waals surface area contributed by atoms with Gasteiger partial charge in [-0.1, -0.05) is 13.3 Å². The molecule has 1 N–H and O–H groups in total. The van der Waals surface area contributed by atoms with Gasteiger partial charge in [-0.2, -0.15) is 0 Å². The van der Waals surface area contributed by atoms with Gasteiger partial charge in [0.25, 0.3) is 15.0 Å². The third-order valence-electron chi connectivity index (χ3n) is 3.60. The van der Waals surface area contributed by atoms with Crippen molar-refractivity contribution in [2.45, 2.75) is 37.1 Å². The Labute approximate surface area is 129 Å². The van der Waals surface area contributed by atoms with Crippen LogP contribution in [0.3, 0.4) is 0 Å². The fraction of sp³-hybridized carbons (Fsp3) is 0.500. The van der Waals surface area contributed by atoms with Crippen LogP contribution in [-0.4, -0.2) is 27.5 Å². The average molecular weight is 332 g/mol. The van der Waals surface area contributed by atoms with Crippen molar-refractivity contribution in [3.63, 3.8) is 0 Å². The number of halogens is 1. The molecule has 1 aliphatic rings. The van der Waals surface area contributed by atoms with Gasteiger partial charge in [-0.3, -0.25) is 4.79 Å². The van der Waals surface area contributed by atoms with Crippen LogP contribution in [0.15, 0.2) is 23.1 Å². The molecule has 0 spiro atoms. The number of carbonyl (C=O) groups excluding carboxylic acids is 1. The maximum Gasteiger partial charge on any atom is 0.261 e. The van der Waals surface area contributed by atoms with Crippen LogP contribution in [-0.2, 0) is 9.05 Å². The van der Waals surface area contributed by atoms with Crippen LogP contribution < -0.4 is 10.1 Å². The van der Waals surface area contributed by atoms with Crippen LogP contribution >= 0.6 is 10.7 Å². The van der Waals surface area contributed by atoms with E-state index in [2.05, 4.69) is 12.2 Å². The minimum Gasteiger partial charge on any atom is -0.496 e. The third kappa shape index (κ3) is 3.89. The molecule has 2 atom stereocenters. The first-order chi connectivity index (χ1) is 9.86. The molecule has 0 bridgehead atoms. The molecule has 1 amide bonds. The summed E-state index contributed by atoms with van der Waals surface area (Å²) in [5, 5.41) is 2.90. The van der Waals surface area contributed by atoms with Crippen molar-refractivity contribution in [1.82, 2.24) is 5.32 Å². The van der Waals surface area contributed by atoms with Gasteiger partial charge in [-0.15, -0.1) is 0 Å². The quantitative estimate of drug-likeness (QED) is 0.813. The Kier molecular flexibility index (Phi) is 4.78. The van der Waals surface area contributed by atoms with E-state index in [1.165, 1.54) is 25.3 Å². The summed E-state index contributed by atoms with van der Waals surface area (Å²) < 4.78 is 27.9. The first kappa shape index (κ1) is 16.1. The van der Waals surface area contributed by atoms with Crippen molar-refractivity contribution in [2.75, 3.05) is 7.11 Å². The Morgan fingerprint density at radius 3 is 2.76 bits per heavy atom. The van der Waals surface area contributed by atoms with E-state index < -0.39 is 9.05 Å².